The zero-order valence-corrected chi connectivity index (χ0v) is 13.1. The summed E-state index contributed by atoms with van der Waals surface area (Å²) < 4.78 is 0. The van der Waals surface area contributed by atoms with Crippen LogP contribution in [0, 0.1) is 12.3 Å². The van der Waals surface area contributed by atoms with Crippen LogP contribution in [0.2, 0.25) is 0 Å². The number of nitrogens with zero attached hydrogens (tertiary/aromatic N) is 1. The first-order valence-electron chi connectivity index (χ1n) is 7.81. The molecule has 0 spiro atoms. The van der Waals surface area contributed by atoms with E-state index in [2.05, 4.69) is 28.3 Å². The molecule has 4 heteroatoms. The van der Waals surface area contributed by atoms with Crippen molar-refractivity contribution in [2.45, 2.75) is 51.4 Å². The highest BCUT2D eigenvalue weighted by atomic mass is 16.2. The van der Waals surface area contributed by atoms with Gasteiger partial charge in [-0.05, 0) is 25.0 Å². The van der Waals surface area contributed by atoms with E-state index in [9.17, 15) is 4.79 Å². The second-order valence-corrected chi connectivity index (χ2v) is 5.21. The summed E-state index contributed by atoms with van der Waals surface area (Å²) in [5.74, 6) is 2.64. The summed E-state index contributed by atoms with van der Waals surface area (Å²) in [5, 5.41) is 0. The van der Waals surface area contributed by atoms with Crippen molar-refractivity contribution in [1.82, 2.24) is 15.8 Å². The van der Waals surface area contributed by atoms with Crippen molar-refractivity contribution in [2.24, 2.45) is 0 Å². The zero-order chi connectivity index (χ0) is 16.0. The van der Waals surface area contributed by atoms with Crippen molar-refractivity contribution in [2.75, 3.05) is 0 Å². The van der Waals surface area contributed by atoms with Gasteiger partial charge < -0.3 is 0 Å². The van der Waals surface area contributed by atoms with Gasteiger partial charge in [0.1, 0.15) is 0 Å². The summed E-state index contributed by atoms with van der Waals surface area (Å²) in [5.41, 5.74) is 7.06. The monoisotopic (exact) mass is 299 g/mol. The fourth-order valence-corrected chi connectivity index (χ4v) is 2.05. The lowest BCUT2D eigenvalue weighted by molar-refractivity contribution is -0.121. The Kier molecular flexibility index (Phi) is 9.20. The van der Waals surface area contributed by atoms with Crippen molar-refractivity contribution in [3.63, 3.8) is 0 Å². The molecule has 0 fully saturated rings. The number of unbranched alkanes of at least 4 members (excludes halogenated alkanes) is 6. The van der Waals surface area contributed by atoms with Gasteiger partial charge in [0, 0.05) is 30.8 Å². The largest absolute Gasteiger partial charge is 0.299 e. The highest BCUT2D eigenvalue weighted by molar-refractivity contribution is 5.77. The lowest BCUT2D eigenvalue weighted by atomic mass is 10.1. The van der Waals surface area contributed by atoms with Gasteiger partial charge in [0.15, 0.2) is 0 Å². The first-order chi connectivity index (χ1) is 10.7. The molecule has 0 bridgehead atoms. The molecule has 0 saturated carbocycles. The molecule has 1 rings (SSSR count). The quantitative estimate of drug-likeness (QED) is 0.374. The molecule has 1 aromatic heterocycles. The number of carbonyl (C=O) groups excluding carboxylic acids is 1. The molecular formula is C18H25N3O. The van der Waals surface area contributed by atoms with Gasteiger partial charge in [-0.1, -0.05) is 32.3 Å². The van der Waals surface area contributed by atoms with Gasteiger partial charge in [-0.15, -0.1) is 12.3 Å². The van der Waals surface area contributed by atoms with E-state index in [1.165, 1.54) is 12.8 Å². The average Bonchev–Trinajstić information content (AvgIpc) is 2.56. The molecule has 0 aliphatic carbocycles. The number of terminal acetylenes is 1. The van der Waals surface area contributed by atoms with Gasteiger partial charge in [-0.3, -0.25) is 20.6 Å². The molecule has 0 unspecified atom stereocenters. The molecule has 2 N–H and O–H groups in total. The van der Waals surface area contributed by atoms with Crippen LogP contribution in [0.5, 0.6) is 0 Å². The first-order valence-corrected chi connectivity index (χ1v) is 7.81. The molecule has 0 aromatic carbocycles. The highest BCUT2D eigenvalue weighted by Crippen LogP contribution is 2.08. The van der Waals surface area contributed by atoms with Gasteiger partial charge in [-0.25, -0.2) is 0 Å². The summed E-state index contributed by atoms with van der Waals surface area (Å²) in [6.07, 6.45) is 16.6. The molecule has 118 valence electrons. The van der Waals surface area contributed by atoms with Crippen LogP contribution in [-0.4, -0.2) is 10.9 Å². The minimum absolute atomic E-state index is 0.0115. The number of aromatic nitrogens is 1. The molecular weight excluding hydrogens is 274 g/mol. The third-order valence-electron chi connectivity index (χ3n) is 3.36. The number of rotatable bonds is 11. The maximum atomic E-state index is 11.7. The summed E-state index contributed by atoms with van der Waals surface area (Å²) >= 11 is 0. The number of nitrogens with one attached hydrogen (secondary N) is 2. The Balaban J connectivity index is 2.02. The lowest BCUT2D eigenvalue weighted by Gasteiger charge is -2.10. The van der Waals surface area contributed by atoms with E-state index in [4.69, 9.17) is 6.42 Å². The summed E-state index contributed by atoms with van der Waals surface area (Å²) in [7, 11) is 0. The van der Waals surface area contributed by atoms with Crippen molar-refractivity contribution < 1.29 is 4.79 Å². The Labute approximate surface area is 133 Å². The molecule has 1 heterocycles. The van der Waals surface area contributed by atoms with Crippen molar-refractivity contribution in [3.8, 4) is 12.3 Å². The van der Waals surface area contributed by atoms with Gasteiger partial charge in [-0.2, -0.15) is 0 Å². The molecule has 0 radical (unpaired) electrons. The number of hydrogen-bond acceptors (Lipinski definition) is 3. The predicted molar refractivity (Wildman–Crippen MR) is 90.3 cm³/mol. The molecule has 0 aliphatic rings. The Morgan fingerprint density at radius 1 is 1.09 bits per heavy atom. The number of hydrazine groups is 1. The summed E-state index contributed by atoms with van der Waals surface area (Å²) in [6.45, 7) is 3.87. The van der Waals surface area contributed by atoms with Crippen LogP contribution in [0.15, 0.2) is 31.1 Å². The van der Waals surface area contributed by atoms with E-state index in [-0.39, 0.29) is 5.91 Å². The minimum Gasteiger partial charge on any atom is -0.299 e. The Bertz CT molecular complexity index is 491. The third kappa shape index (κ3) is 8.11. The molecule has 0 aliphatic heterocycles. The van der Waals surface area contributed by atoms with E-state index >= 15 is 0 Å². The number of carbonyl (C=O) groups is 1. The fourth-order valence-electron chi connectivity index (χ4n) is 2.05. The summed E-state index contributed by atoms with van der Waals surface area (Å²) in [6, 6.07) is 3.67. The van der Waals surface area contributed by atoms with E-state index in [0.717, 1.165) is 37.7 Å². The van der Waals surface area contributed by atoms with E-state index in [0.29, 0.717) is 12.1 Å². The minimum atomic E-state index is -0.0115. The number of pyridine rings is 1. The standard InChI is InChI=1S/C18H25N3O/c1-3-4-5-6-7-8-9-10-11-18(22)21-20-16(2)17-12-14-19-15-13-17/h1,12-15,20H,2,4-11H2,(H,21,22). The van der Waals surface area contributed by atoms with Gasteiger partial charge in [0.2, 0.25) is 5.91 Å². The Morgan fingerprint density at radius 3 is 2.41 bits per heavy atom. The highest BCUT2D eigenvalue weighted by Gasteiger charge is 2.02. The SMILES string of the molecule is C#CCCCCCCCCC(=O)NNC(=C)c1ccncc1. The zero-order valence-electron chi connectivity index (χ0n) is 13.1. The molecule has 0 saturated heterocycles. The van der Waals surface area contributed by atoms with Gasteiger partial charge in [0.25, 0.3) is 0 Å². The second kappa shape index (κ2) is 11.4. The fraction of sp³-hybridized carbons (Fsp3) is 0.444. The molecule has 1 aromatic rings. The maximum Gasteiger partial charge on any atom is 0.238 e. The van der Waals surface area contributed by atoms with Crippen molar-refractivity contribution >= 4 is 11.6 Å². The second-order valence-electron chi connectivity index (χ2n) is 5.21. The van der Waals surface area contributed by atoms with Crippen LogP contribution < -0.4 is 10.9 Å². The Morgan fingerprint density at radius 2 is 1.73 bits per heavy atom. The molecule has 22 heavy (non-hydrogen) atoms. The Hall–Kier alpha value is -2.28. The van der Waals surface area contributed by atoms with Crippen LogP contribution in [0.1, 0.15) is 56.9 Å². The van der Waals surface area contributed by atoms with E-state index < -0.39 is 0 Å². The smallest absolute Gasteiger partial charge is 0.238 e. The topological polar surface area (TPSA) is 54.0 Å². The average molecular weight is 299 g/mol. The van der Waals surface area contributed by atoms with Crippen molar-refractivity contribution in [3.05, 3.63) is 36.7 Å². The van der Waals surface area contributed by atoms with Crippen LogP contribution in [-0.2, 0) is 4.79 Å². The molecule has 1 amide bonds. The van der Waals surface area contributed by atoms with E-state index in [1.54, 1.807) is 12.4 Å². The maximum absolute atomic E-state index is 11.7. The molecule has 4 nitrogen and oxygen atoms in total. The lowest BCUT2D eigenvalue weighted by Crippen LogP contribution is -2.35. The summed E-state index contributed by atoms with van der Waals surface area (Å²) in [4.78, 5) is 15.6. The van der Waals surface area contributed by atoms with Gasteiger partial charge in [0.05, 0.1) is 5.70 Å². The van der Waals surface area contributed by atoms with Crippen LogP contribution >= 0.6 is 0 Å². The van der Waals surface area contributed by atoms with Crippen molar-refractivity contribution in [1.29, 1.82) is 0 Å². The molecule has 0 atom stereocenters. The first kappa shape index (κ1) is 17.8. The van der Waals surface area contributed by atoms with Crippen LogP contribution in [0.4, 0.5) is 0 Å². The third-order valence-corrected chi connectivity index (χ3v) is 3.36. The van der Waals surface area contributed by atoms with Crippen LogP contribution in [0.3, 0.4) is 0 Å². The normalized spacial score (nSPS) is 9.77. The number of hydrogen-bond donors (Lipinski definition) is 2. The van der Waals surface area contributed by atoms with Gasteiger partial charge >= 0.3 is 0 Å². The van der Waals surface area contributed by atoms with E-state index in [1.807, 2.05) is 12.1 Å². The van der Waals surface area contributed by atoms with Crippen LogP contribution in [0.25, 0.3) is 5.70 Å². The number of amides is 1. The predicted octanol–water partition coefficient (Wildman–Crippen LogP) is 3.43.